The van der Waals surface area contributed by atoms with Crippen LogP contribution >= 0.6 is 0 Å². The number of carbonyl (C=O) groups is 1. The van der Waals surface area contributed by atoms with Crippen molar-refractivity contribution in [3.05, 3.63) is 65.9 Å². The first-order chi connectivity index (χ1) is 8.75. The molecule has 0 amide bonds. The highest BCUT2D eigenvalue weighted by Crippen LogP contribution is 2.22. The maximum atomic E-state index is 10.7. The van der Waals surface area contributed by atoms with Crippen LogP contribution in [0.25, 0.3) is 0 Å². The molecule has 0 saturated carbocycles. The van der Waals surface area contributed by atoms with Crippen molar-refractivity contribution < 1.29 is 9.90 Å². The van der Waals surface area contributed by atoms with Gasteiger partial charge in [0.15, 0.2) is 0 Å². The van der Waals surface area contributed by atoms with E-state index in [-0.39, 0.29) is 0 Å². The molecule has 1 aromatic carbocycles. The molecular weight excluding hydrogens is 228 g/mol. The van der Waals surface area contributed by atoms with Crippen molar-refractivity contribution in [1.82, 2.24) is 0 Å². The smallest absolute Gasteiger partial charge is 0.328 e. The molecule has 1 aliphatic carbocycles. The minimum absolute atomic E-state index is 0.561. The fraction of sp³-hybridized carbons (Fsp3) is 0.0714. The van der Waals surface area contributed by atoms with Gasteiger partial charge in [0.2, 0.25) is 0 Å². The number of benzene rings is 1. The van der Waals surface area contributed by atoms with E-state index in [1.807, 2.05) is 42.5 Å². The summed E-state index contributed by atoms with van der Waals surface area (Å²) in [5, 5.41) is 16.9. The molecule has 0 atom stereocenters. The third-order valence-electron chi connectivity index (χ3n) is 2.38. The highest BCUT2D eigenvalue weighted by atomic mass is 16.4. The Morgan fingerprint density at radius 1 is 1.22 bits per heavy atom. The Morgan fingerprint density at radius 3 is 2.72 bits per heavy atom. The van der Waals surface area contributed by atoms with Crippen LogP contribution in [0.5, 0.6) is 0 Å². The van der Waals surface area contributed by atoms with Gasteiger partial charge in [0, 0.05) is 6.08 Å². The normalized spacial score (nSPS) is 17.1. The van der Waals surface area contributed by atoms with E-state index in [9.17, 15) is 4.79 Å². The lowest BCUT2D eigenvalue weighted by atomic mass is 10.0. The van der Waals surface area contributed by atoms with E-state index in [1.54, 1.807) is 6.08 Å². The average molecular weight is 240 g/mol. The topological polar surface area (TPSA) is 62.0 Å². The van der Waals surface area contributed by atoms with E-state index in [0.29, 0.717) is 17.7 Å². The second-order valence-corrected chi connectivity index (χ2v) is 3.73. The van der Waals surface area contributed by atoms with Gasteiger partial charge >= 0.3 is 5.97 Å². The van der Waals surface area contributed by atoms with Gasteiger partial charge in [0.05, 0.1) is 11.4 Å². The summed E-state index contributed by atoms with van der Waals surface area (Å²) in [5.41, 5.74) is 1.98. The van der Waals surface area contributed by atoms with Gasteiger partial charge in [-0.15, -0.1) is 0 Å². The lowest BCUT2D eigenvalue weighted by Gasteiger charge is -2.06. The van der Waals surface area contributed by atoms with Crippen molar-refractivity contribution in [2.45, 2.75) is 6.42 Å². The van der Waals surface area contributed by atoms with Crippen LogP contribution in [0.1, 0.15) is 6.42 Å². The van der Waals surface area contributed by atoms with Crippen LogP contribution in [0.4, 0.5) is 5.69 Å². The van der Waals surface area contributed by atoms with Crippen molar-refractivity contribution >= 4 is 11.7 Å². The number of azo groups is 1. The average Bonchev–Trinajstić information content (AvgIpc) is 2.38. The van der Waals surface area contributed by atoms with Crippen LogP contribution in [0, 0.1) is 0 Å². The van der Waals surface area contributed by atoms with E-state index in [0.717, 1.165) is 5.69 Å². The van der Waals surface area contributed by atoms with E-state index < -0.39 is 5.97 Å². The van der Waals surface area contributed by atoms with Gasteiger partial charge in [-0.2, -0.15) is 10.2 Å². The Hall–Kier alpha value is -2.49. The molecule has 0 spiro atoms. The second-order valence-electron chi connectivity index (χ2n) is 3.73. The molecule has 90 valence electrons. The lowest BCUT2D eigenvalue weighted by Crippen LogP contribution is -1.96. The molecule has 0 saturated heterocycles. The molecule has 0 unspecified atom stereocenters. The molecule has 4 nitrogen and oxygen atoms in total. The van der Waals surface area contributed by atoms with Crippen LogP contribution < -0.4 is 0 Å². The number of carboxylic acids is 1. The number of carboxylic acid groups (broad SMARTS) is 1. The summed E-state index contributed by atoms with van der Waals surface area (Å²) >= 11 is 0. The highest BCUT2D eigenvalue weighted by molar-refractivity contribution is 5.82. The molecule has 0 aromatic heterocycles. The molecule has 4 heteroatoms. The highest BCUT2D eigenvalue weighted by Gasteiger charge is 2.08. The molecule has 2 rings (SSSR count). The zero-order valence-corrected chi connectivity index (χ0v) is 9.65. The lowest BCUT2D eigenvalue weighted by molar-refractivity contribution is -0.131. The SMILES string of the molecule is O=C(O)C=C1CC=CC=C1N=Nc1ccccc1. The van der Waals surface area contributed by atoms with Crippen LogP contribution in [0.2, 0.25) is 0 Å². The second kappa shape index (κ2) is 5.72. The predicted octanol–water partition coefficient (Wildman–Crippen LogP) is 3.63. The molecule has 1 aliphatic rings. The first-order valence-corrected chi connectivity index (χ1v) is 5.53. The number of nitrogens with zero attached hydrogens (tertiary/aromatic N) is 2. The van der Waals surface area contributed by atoms with Gasteiger partial charge in [0.25, 0.3) is 0 Å². The number of hydrogen-bond acceptors (Lipinski definition) is 3. The van der Waals surface area contributed by atoms with Crippen LogP contribution in [-0.2, 0) is 4.79 Å². The summed E-state index contributed by atoms with van der Waals surface area (Å²) in [6.07, 6.45) is 7.21. The molecule has 0 fully saturated rings. The summed E-state index contributed by atoms with van der Waals surface area (Å²) in [5.74, 6) is -0.971. The van der Waals surface area contributed by atoms with Crippen LogP contribution in [0.3, 0.4) is 0 Å². The zero-order valence-electron chi connectivity index (χ0n) is 9.65. The number of rotatable bonds is 3. The Kier molecular flexibility index (Phi) is 3.81. The molecular formula is C14H12N2O2. The van der Waals surface area contributed by atoms with Crippen molar-refractivity contribution in [1.29, 1.82) is 0 Å². The van der Waals surface area contributed by atoms with Gasteiger partial charge in [-0.25, -0.2) is 4.79 Å². The summed E-state index contributed by atoms with van der Waals surface area (Å²) in [6, 6.07) is 9.32. The molecule has 0 aliphatic heterocycles. The minimum atomic E-state index is -0.971. The molecule has 0 radical (unpaired) electrons. The van der Waals surface area contributed by atoms with E-state index >= 15 is 0 Å². The van der Waals surface area contributed by atoms with Gasteiger partial charge in [-0.3, -0.25) is 0 Å². The summed E-state index contributed by atoms with van der Waals surface area (Å²) in [7, 11) is 0. The van der Waals surface area contributed by atoms with Crippen molar-refractivity contribution in [2.24, 2.45) is 10.2 Å². The van der Waals surface area contributed by atoms with E-state index in [1.165, 1.54) is 6.08 Å². The van der Waals surface area contributed by atoms with E-state index in [2.05, 4.69) is 10.2 Å². The maximum Gasteiger partial charge on any atom is 0.328 e. The van der Waals surface area contributed by atoms with Gasteiger partial charge in [-0.05, 0) is 30.2 Å². The van der Waals surface area contributed by atoms with Crippen LogP contribution in [0.15, 0.2) is 76.1 Å². The van der Waals surface area contributed by atoms with Gasteiger partial charge < -0.3 is 5.11 Å². The Labute approximate surface area is 105 Å². The van der Waals surface area contributed by atoms with Crippen molar-refractivity contribution in [2.75, 3.05) is 0 Å². The molecule has 1 aromatic rings. The molecule has 1 N–H and O–H groups in total. The Morgan fingerprint density at radius 2 is 2.00 bits per heavy atom. The maximum absolute atomic E-state index is 10.7. The number of hydrogen-bond donors (Lipinski definition) is 1. The monoisotopic (exact) mass is 240 g/mol. The van der Waals surface area contributed by atoms with Crippen LogP contribution in [-0.4, -0.2) is 11.1 Å². The molecule has 18 heavy (non-hydrogen) atoms. The zero-order chi connectivity index (χ0) is 12.8. The van der Waals surface area contributed by atoms with E-state index in [4.69, 9.17) is 5.11 Å². The summed E-state index contributed by atoms with van der Waals surface area (Å²) < 4.78 is 0. The third kappa shape index (κ3) is 3.25. The Bertz CT molecular complexity index is 554. The Balaban J connectivity index is 2.21. The third-order valence-corrected chi connectivity index (χ3v) is 2.38. The summed E-state index contributed by atoms with van der Waals surface area (Å²) in [4.78, 5) is 10.7. The van der Waals surface area contributed by atoms with Gasteiger partial charge in [0.1, 0.15) is 0 Å². The number of aliphatic carboxylic acids is 1. The standard InChI is InChI=1S/C14H12N2O2/c17-14(18)10-11-6-4-5-9-13(11)16-15-12-7-2-1-3-8-12/h1-5,7-10H,6H2,(H,17,18). The largest absolute Gasteiger partial charge is 0.478 e. The predicted molar refractivity (Wildman–Crippen MR) is 68.5 cm³/mol. The van der Waals surface area contributed by atoms with Gasteiger partial charge in [-0.1, -0.05) is 30.4 Å². The minimum Gasteiger partial charge on any atom is -0.478 e. The first kappa shape index (κ1) is 12.0. The molecule has 0 bridgehead atoms. The quantitative estimate of drug-likeness (QED) is 0.647. The first-order valence-electron chi connectivity index (χ1n) is 5.53. The van der Waals surface area contributed by atoms with Crippen molar-refractivity contribution in [3.63, 3.8) is 0 Å². The molecule has 0 heterocycles. The van der Waals surface area contributed by atoms with Crippen molar-refractivity contribution in [3.8, 4) is 0 Å². The number of allylic oxidation sites excluding steroid dienone is 4. The fourth-order valence-corrected chi connectivity index (χ4v) is 1.55. The summed E-state index contributed by atoms with van der Waals surface area (Å²) in [6.45, 7) is 0. The fourth-order valence-electron chi connectivity index (χ4n) is 1.55.